The first-order chi connectivity index (χ1) is 2.77. The molecule has 0 N–H and O–H groups in total. The average Bonchev–Trinajstić information content (AvgIpc) is 1.35. The Morgan fingerprint density at radius 2 is 2.17 bits per heavy atom. The molecule has 0 saturated carbocycles. The van der Waals surface area contributed by atoms with E-state index in [2.05, 4.69) is 6.58 Å². The molecule has 6 heavy (non-hydrogen) atoms. The van der Waals surface area contributed by atoms with Gasteiger partial charge in [0.15, 0.2) is 0 Å². The van der Waals surface area contributed by atoms with Crippen LogP contribution in [0.15, 0.2) is 12.7 Å². The Balaban J connectivity index is 2.81. The van der Waals surface area contributed by atoms with Gasteiger partial charge in [-0.05, 0) is 0 Å². The molecule has 0 saturated heterocycles. The van der Waals surface area contributed by atoms with E-state index in [1.165, 1.54) is 0 Å². The molecule has 0 atom stereocenters. The number of allylic oxidation sites excluding steroid dienone is 1. The van der Waals surface area contributed by atoms with Gasteiger partial charge in [-0.15, -0.1) is 0 Å². The summed E-state index contributed by atoms with van der Waals surface area (Å²) in [5, 5.41) is 0. The fourth-order valence-corrected chi connectivity index (χ4v) is 1.96. The molecule has 0 aromatic rings. The topological polar surface area (TPSA) is 0 Å². The van der Waals surface area contributed by atoms with Gasteiger partial charge in [-0.3, -0.25) is 0 Å². The first-order valence-electron chi connectivity index (χ1n) is 1.47. The summed E-state index contributed by atoms with van der Waals surface area (Å²) >= 11 is -1.69. The standard InChI is InChI=1S/C3H5.2ClH.Sb/c1-3-2;;;/h3H,1-2H2;2*1H;/q;;;+2/p-2. The van der Waals surface area contributed by atoms with Crippen LogP contribution in [0, 0.1) is 0 Å². The summed E-state index contributed by atoms with van der Waals surface area (Å²) in [5.41, 5.74) is 0. The van der Waals surface area contributed by atoms with E-state index >= 15 is 0 Å². The summed E-state index contributed by atoms with van der Waals surface area (Å²) in [6.45, 7) is 3.48. The van der Waals surface area contributed by atoms with Crippen molar-refractivity contribution in [3.8, 4) is 0 Å². The summed E-state index contributed by atoms with van der Waals surface area (Å²) in [5.74, 6) is 0. The molecule has 0 nitrogen and oxygen atoms in total. The maximum absolute atomic E-state index is 5.46. The van der Waals surface area contributed by atoms with Crippen LogP contribution in [0.1, 0.15) is 0 Å². The predicted octanol–water partition coefficient (Wildman–Crippen LogP) is 2.14. The van der Waals surface area contributed by atoms with Crippen LogP contribution in [0.5, 0.6) is 0 Å². The molecule has 0 rings (SSSR count). The van der Waals surface area contributed by atoms with E-state index < -0.39 is 17.9 Å². The molecule has 0 bridgehead atoms. The van der Waals surface area contributed by atoms with Gasteiger partial charge in [0.25, 0.3) is 0 Å². The molecule has 0 amide bonds. The monoisotopic (exact) mass is 232 g/mol. The number of halogens is 2. The zero-order valence-corrected chi connectivity index (χ0v) is 7.26. The van der Waals surface area contributed by atoms with Crippen molar-refractivity contribution in [1.82, 2.24) is 0 Å². The van der Waals surface area contributed by atoms with Crippen molar-refractivity contribution in [3.63, 3.8) is 0 Å². The summed E-state index contributed by atoms with van der Waals surface area (Å²) in [7, 11) is 10.9. The fraction of sp³-hybridized carbons (Fsp3) is 0.333. The average molecular weight is 234 g/mol. The van der Waals surface area contributed by atoms with Gasteiger partial charge >= 0.3 is 52.6 Å². The van der Waals surface area contributed by atoms with E-state index in [-0.39, 0.29) is 0 Å². The van der Waals surface area contributed by atoms with Gasteiger partial charge < -0.3 is 0 Å². The van der Waals surface area contributed by atoms with Crippen molar-refractivity contribution in [2.24, 2.45) is 0 Å². The fourth-order valence-electron chi connectivity index (χ4n) is 0.0976. The molecular weight excluding hydrogens is 229 g/mol. The van der Waals surface area contributed by atoms with Crippen molar-refractivity contribution in [2.75, 3.05) is 0 Å². The molecule has 0 aliphatic carbocycles. The zero-order chi connectivity index (χ0) is 4.99. The number of rotatable bonds is 2. The molecule has 36 valence electrons. The zero-order valence-electron chi connectivity index (χ0n) is 3.19. The van der Waals surface area contributed by atoms with Crippen LogP contribution in [0.25, 0.3) is 0 Å². The molecule has 0 aromatic heterocycles. The second-order valence-electron chi connectivity index (χ2n) is 0.774. The quantitative estimate of drug-likeness (QED) is 0.507. The van der Waals surface area contributed by atoms with E-state index in [9.17, 15) is 0 Å². The molecule has 0 spiro atoms. The van der Waals surface area contributed by atoms with Crippen LogP contribution >= 0.6 is 17.7 Å². The number of hydrogen-bond donors (Lipinski definition) is 0. The Hall–Kier alpha value is 1.14. The minimum absolute atomic E-state index is 0.853. The molecule has 0 radical (unpaired) electrons. The van der Waals surface area contributed by atoms with E-state index in [0.29, 0.717) is 0 Å². The Labute approximate surface area is 52.4 Å². The second kappa shape index (κ2) is 4.30. The summed E-state index contributed by atoms with van der Waals surface area (Å²) in [6.07, 6.45) is 1.77. The van der Waals surface area contributed by atoms with Gasteiger partial charge in [-0.1, -0.05) is 0 Å². The molecule has 0 aliphatic rings. The van der Waals surface area contributed by atoms with E-state index in [1.54, 1.807) is 6.08 Å². The van der Waals surface area contributed by atoms with Gasteiger partial charge in [0.1, 0.15) is 0 Å². The van der Waals surface area contributed by atoms with Crippen molar-refractivity contribution >= 4 is 35.6 Å². The van der Waals surface area contributed by atoms with E-state index in [0.717, 1.165) is 4.37 Å². The van der Waals surface area contributed by atoms with Crippen LogP contribution in [-0.4, -0.2) is 17.9 Å². The van der Waals surface area contributed by atoms with Gasteiger partial charge in [0.05, 0.1) is 0 Å². The molecule has 0 aromatic carbocycles. The first-order valence-corrected chi connectivity index (χ1v) is 9.74. The van der Waals surface area contributed by atoms with Gasteiger partial charge in [0.2, 0.25) is 0 Å². The molecule has 0 heterocycles. The molecule has 3 heteroatoms. The number of hydrogen-bond acceptors (Lipinski definition) is 0. The van der Waals surface area contributed by atoms with Gasteiger partial charge in [-0.25, -0.2) is 0 Å². The Morgan fingerprint density at radius 3 is 2.17 bits per heavy atom. The van der Waals surface area contributed by atoms with Crippen LogP contribution in [0.3, 0.4) is 0 Å². The Morgan fingerprint density at radius 1 is 1.67 bits per heavy atom. The normalized spacial score (nSPS) is 9.17. The van der Waals surface area contributed by atoms with Crippen LogP contribution < -0.4 is 0 Å². The van der Waals surface area contributed by atoms with Gasteiger partial charge in [0, 0.05) is 0 Å². The summed E-state index contributed by atoms with van der Waals surface area (Å²) < 4.78 is 0.853. The third-order valence-corrected chi connectivity index (χ3v) is 3.64. The van der Waals surface area contributed by atoms with Crippen molar-refractivity contribution in [3.05, 3.63) is 12.7 Å². The Bertz CT molecular complexity index is 44.1. The van der Waals surface area contributed by atoms with E-state index in [4.69, 9.17) is 17.7 Å². The van der Waals surface area contributed by atoms with Crippen LogP contribution in [0.2, 0.25) is 4.37 Å². The van der Waals surface area contributed by atoms with Crippen molar-refractivity contribution in [1.29, 1.82) is 0 Å². The minimum atomic E-state index is -1.69. The summed E-state index contributed by atoms with van der Waals surface area (Å²) in [6, 6.07) is 0. The predicted molar refractivity (Wildman–Crippen MR) is 32.5 cm³/mol. The SMILES string of the molecule is C=C[CH2][Sb]([Cl])[Cl]. The van der Waals surface area contributed by atoms with E-state index in [1.807, 2.05) is 0 Å². The van der Waals surface area contributed by atoms with Crippen molar-refractivity contribution < 1.29 is 0 Å². The maximum atomic E-state index is 5.46. The Kier molecular flexibility index (Phi) is 5.12. The van der Waals surface area contributed by atoms with Gasteiger partial charge in [-0.2, -0.15) is 0 Å². The molecule has 0 unspecified atom stereocenters. The summed E-state index contributed by atoms with van der Waals surface area (Å²) in [4.78, 5) is 0. The molecule has 0 fully saturated rings. The first kappa shape index (κ1) is 7.14. The van der Waals surface area contributed by atoms with Crippen LogP contribution in [-0.2, 0) is 0 Å². The molecular formula is C3H5Cl2Sb. The third kappa shape index (κ3) is 5.14. The third-order valence-electron chi connectivity index (χ3n) is 0.267. The molecule has 0 aliphatic heterocycles. The van der Waals surface area contributed by atoms with Crippen molar-refractivity contribution in [2.45, 2.75) is 4.37 Å². The second-order valence-corrected chi connectivity index (χ2v) is 10.2. The van der Waals surface area contributed by atoms with Crippen LogP contribution in [0.4, 0.5) is 0 Å².